The fourth-order valence-corrected chi connectivity index (χ4v) is 5.09. The van der Waals surface area contributed by atoms with Crippen LogP contribution >= 0.6 is 0 Å². The second-order valence-electron chi connectivity index (χ2n) is 8.27. The first-order valence-corrected chi connectivity index (χ1v) is 13.2. The summed E-state index contributed by atoms with van der Waals surface area (Å²) in [5.74, 6) is 0.325. The summed E-state index contributed by atoms with van der Waals surface area (Å²) in [6, 6.07) is 19.2. The summed E-state index contributed by atoms with van der Waals surface area (Å²) in [6.07, 6.45) is 2.06. The molecule has 0 saturated heterocycles. The molecule has 0 aromatic heterocycles. The van der Waals surface area contributed by atoms with Gasteiger partial charge in [-0.15, -0.1) is 0 Å². The van der Waals surface area contributed by atoms with E-state index in [1.807, 2.05) is 31.2 Å². The normalized spacial score (nSPS) is 12.9. The van der Waals surface area contributed by atoms with Crippen molar-refractivity contribution in [2.75, 3.05) is 13.4 Å². The Labute approximate surface area is 256 Å². The molecule has 0 spiro atoms. The number of carbonyl (C=O) groups excluding carboxylic acids is 1. The van der Waals surface area contributed by atoms with Gasteiger partial charge in [0.25, 0.3) is 10.0 Å². The maximum absolute atomic E-state index is 13.5. The summed E-state index contributed by atoms with van der Waals surface area (Å²) in [6.45, 7) is 4.52. The van der Waals surface area contributed by atoms with Gasteiger partial charge in [0.2, 0.25) is 12.7 Å². The number of fused-ring (bicyclic) bond motifs is 1. The number of rotatable bonds is 10. The van der Waals surface area contributed by atoms with Crippen molar-refractivity contribution in [3.8, 4) is 17.2 Å². The van der Waals surface area contributed by atoms with Crippen LogP contribution in [0.3, 0.4) is 0 Å². The van der Waals surface area contributed by atoms with Crippen LogP contribution in [0.15, 0.2) is 71.6 Å². The van der Waals surface area contributed by atoms with Crippen molar-refractivity contribution in [2.45, 2.75) is 43.9 Å². The van der Waals surface area contributed by atoms with Crippen molar-refractivity contribution in [1.82, 2.24) is 4.72 Å². The van der Waals surface area contributed by atoms with Crippen molar-refractivity contribution in [2.24, 2.45) is 0 Å². The molecule has 9 heteroatoms. The van der Waals surface area contributed by atoms with Gasteiger partial charge in [-0.2, -0.15) is 0 Å². The number of nitrogens with one attached hydrogen (secondary N) is 1. The molecule has 0 fully saturated rings. The van der Waals surface area contributed by atoms with Gasteiger partial charge >= 0.3 is 51.4 Å². The smallest absolute Gasteiger partial charge is 1.00 e. The predicted molar refractivity (Wildman–Crippen MR) is 133 cm³/mol. The Kier molecular flexibility index (Phi) is 10.4. The first-order chi connectivity index (χ1) is 16.9. The molecular formula is C27H30KNO6S. The number of benzene rings is 3. The first kappa shape index (κ1) is 28.7. The van der Waals surface area contributed by atoms with Crippen molar-refractivity contribution in [3.63, 3.8) is 0 Å². The number of hydrogen-bond acceptors (Lipinski definition) is 6. The van der Waals surface area contributed by atoms with E-state index in [1.54, 1.807) is 30.3 Å². The monoisotopic (exact) mass is 535 g/mol. The van der Waals surface area contributed by atoms with Gasteiger partial charge in [-0.3, -0.25) is 4.79 Å². The summed E-state index contributed by atoms with van der Waals surface area (Å²) in [4.78, 5) is 13.5. The molecule has 36 heavy (non-hydrogen) atoms. The molecular weight excluding hydrogens is 505 g/mol. The minimum atomic E-state index is -4.06. The van der Waals surface area contributed by atoms with Gasteiger partial charge in [0.1, 0.15) is 5.75 Å². The summed E-state index contributed by atoms with van der Waals surface area (Å²) in [5, 5.41) is 0. The SMILES string of the molecule is CCCc1ccc(S(=O)(=O)NC(=O)C(Cc2ccccc2OCC)c2ccc3c(c2)OCO3)cc1.[H-].[K+]. The van der Waals surface area contributed by atoms with Gasteiger partial charge in [-0.1, -0.05) is 49.7 Å². The van der Waals surface area contributed by atoms with E-state index in [0.717, 1.165) is 24.0 Å². The zero-order chi connectivity index (χ0) is 24.8. The van der Waals surface area contributed by atoms with E-state index >= 15 is 0 Å². The molecule has 1 heterocycles. The molecule has 1 N–H and O–H groups in total. The maximum Gasteiger partial charge on any atom is 1.00 e. The molecule has 0 aliphatic carbocycles. The summed E-state index contributed by atoms with van der Waals surface area (Å²) >= 11 is 0. The standard InChI is InChI=1S/C27H29NO6S.K.H/c1-3-7-19-10-13-22(14-11-19)35(30,31)28-27(29)23(16-21-8-5-6-9-24(21)32-4-2)20-12-15-25-26(17-20)34-18-33-25;;/h5-6,8-15,17,23H,3-4,7,16,18H2,1-2H3,(H,28,29);;/q;+1;-1. The molecule has 0 bridgehead atoms. The Bertz CT molecular complexity index is 1300. The van der Waals surface area contributed by atoms with Crippen LogP contribution in [-0.2, 0) is 27.7 Å². The van der Waals surface area contributed by atoms with Gasteiger partial charge in [0.15, 0.2) is 11.5 Å². The fraction of sp³-hybridized carbons (Fsp3) is 0.296. The molecule has 4 rings (SSSR count). The largest absolute Gasteiger partial charge is 1.00 e. The van der Waals surface area contributed by atoms with Gasteiger partial charge < -0.3 is 15.6 Å². The van der Waals surface area contributed by atoms with E-state index in [4.69, 9.17) is 14.2 Å². The number of sulfonamides is 1. The average Bonchev–Trinajstić information content (AvgIpc) is 3.32. The Morgan fingerprint density at radius 2 is 1.75 bits per heavy atom. The molecule has 7 nitrogen and oxygen atoms in total. The van der Waals surface area contributed by atoms with E-state index in [9.17, 15) is 13.2 Å². The van der Waals surface area contributed by atoms with E-state index < -0.39 is 21.8 Å². The molecule has 1 atom stereocenters. The van der Waals surface area contributed by atoms with E-state index in [2.05, 4.69) is 11.6 Å². The second-order valence-corrected chi connectivity index (χ2v) is 9.96. The Hall–Kier alpha value is -1.88. The van der Waals surface area contributed by atoms with Crippen LogP contribution in [0.4, 0.5) is 0 Å². The summed E-state index contributed by atoms with van der Waals surface area (Å²) in [5.41, 5.74) is 2.46. The minimum Gasteiger partial charge on any atom is -1.00 e. The molecule has 3 aromatic carbocycles. The number of hydrogen-bond donors (Lipinski definition) is 1. The quantitative estimate of drug-likeness (QED) is 0.398. The zero-order valence-corrected chi connectivity index (χ0v) is 24.8. The van der Waals surface area contributed by atoms with Gasteiger partial charge in [-0.05, 0) is 66.8 Å². The van der Waals surface area contributed by atoms with Crippen LogP contribution in [0.1, 0.15) is 44.3 Å². The molecule has 0 radical (unpaired) electrons. The zero-order valence-electron chi connectivity index (χ0n) is 21.8. The van der Waals surface area contributed by atoms with E-state index in [1.165, 1.54) is 12.1 Å². The molecule has 1 amide bonds. The minimum absolute atomic E-state index is 0. The van der Waals surface area contributed by atoms with Gasteiger partial charge in [-0.25, -0.2) is 13.1 Å². The third-order valence-electron chi connectivity index (χ3n) is 5.82. The Balaban J connectivity index is 0.00000241. The number of para-hydroxylation sites is 1. The maximum atomic E-state index is 13.5. The van der Waals surface area contributed by atoms with Crippen LogP contribution in [0.2, 0.25) is 0 Å². The van der Waals surface area contributed by atoms with Crippen molar-refractivity contribution < 1.29 is 80.2 Å². The van der Waals surface area contributed by atoms with Gasteiger partial charge in [0.05, 0.1) is 17.4 Å². The number of ether oxygens (including phenoxy) is 3. The Morgan fingerprint density at radius 1 is 1.03 bits per heavy atom. The molecule has 0 saturated carbocycles. The van der Waals surface area contributed by atoms with Crippen LogP contribution < -0.4 is 70.3 Å². The topological polar surface area (TPSA) is 90.9 Å². The number of amides is 1. The molecule has 1 aliphatic rings. The number of aryl methyl sites for hydroxylation is 1. The van der Waals surface area contributed by atoms with Crippen LogP contribution in [0.5, 0.6) is 17.2 Å². The van der Waals surface area contributed by atoms with E-state index in [0.29, 0.717) is 29.4 Å². The van der Waals surface area contributed by atoms with Crippen LogP contribution in [0.25, 0.3) is 0 Å². The van der Waals surface area contributed by atoms with Crippen LogP contribution in [0, 0.1) is 0 Å². The Morgan fingerprint density at radius 3 is 2.47 bits per heavy atom. The fourth-order valence-electron chi connectivity index (χ4n) is 4.07. The van der Waals surface area contributed by atoms with Crippen molar-refractivity contribution in [3.05, 3.63) is 83.4 Å². The molecule has 1 unspecified atom stereocenters. The summed E-state index contributed by atoms with van der Waals surface area (Å²) < 4.78 is 45.0. The van der Waals surface area contributed by atoms with Crippen LogP contribution in [-0.4, -0.2) is 27.7 Å². The first-order valence-electron chi connectivity index (χ1n) is 11.7. The van der Waals surface area contributed by atoms with Crippen molar-refractivity contribution >= 4 is 15.9 Å². The predicted octanol–water partition coefficient (Wildman–Crippen LogP) is 1.71. The van der Waals surface area contributed by atoms with Crippen molar-refractivity contribution in [1.29, 1.82) is 0 Å². The molecule has 1 aliphatic heterocycles. The average molecular weight is 536 g/mol. The van der Waals surface area contributed by atoms with Gasteiger partial charge in [0, 0.05) is 0 Å². The third-order valence-corrected chi connectivity index (χ3v) is 7.18. The molecule has 3 aromatic rings. The number of carbonyl (C=O) groups is 1. The molecule has 186 valence electrons. The van der Waals surface area contributed by atoms with E-state index in [-0.39, 0.29) is 70.9 Å². The third kappa shape index (κ3) is 6.90. The second kappa shape index (κ2) is 13.1. The summed E-state index contributed by atoms with van der Waals surface area (Å²) in [7, 11) is -4.06.